The third-order valence-corrected chi connectivity index (χ3v) is 6.86. The topological polar surface area (TPSA) is 112 Å². The first-order chi connectivity index (χ1) is 11.5. The number of amides is 1. The minimum Gasteiger partial charge on any atom is -0.340 e. The zero-order valence-corrected chi connectivity index (χ0v) is 14.6. The zero-order valence-electron chi connectivity index (χ0n) is 13.0. The molecule has 1 aliphatic heterocycles. The fourth-order valence-electron chi connectivity index (χ4n) is 2.59. The monoisotopic (exact) mass is 369 g/mol. The zero-order chi connectivity index (χ0) is 17.2. The Kier molecular flexibility index (Phi) is 4.99. The van der Waals surface area contributed by atoms with Crippen LogP contribution >= 0.6 is 11.3 Å². The number of hydrogen-bond acceptors (Lipinski definition) is 6. The van der Waals surface area contributed by atoms with E-state index < -0.39 is 10.0 Å². The molecule has 3 heterocycles. The molecule has 8 nitrogen and oxygen atoms in total. The predicted molar refractivity (Wildman–Crippen MR) is 89.8 cm³/mol. The number of rotatable bonds is 5. The van der Waals surface area contributed by atoms with E-state index in [1.54, 1.807) is 4.90 Å². The molecule has 1 amide bonds. The van der Waals surface area contributed by atoms with E-state index in [2.05, 4.69) is 10.2 Å². The average Bonchev–Trinajstić information content (AvgIpc) is 3.27. The van der Waals surface area contributed by atoms with Gasteiger partial charge in [-0.1, -0.05) is 0 Å². The SMILES string of the molecule is NCc1ccc(CC(=O)N2CCN(S(=O)(=O)c3ccn[nH]3)CC2)s1. The van der Waals surface area contributed by atoms with Crippen LogP contribution in [0, 0.1) is 0 Å². The smallest absolute Gasteiger partial charge is 0.260 e. The first-order valence-electron chi connectivity index (χ1n) is 7.55. The summed E-state index contributed by atoms with van der Waals surface area (Å²) in [6, 6.07) is 5.28. The summed E-state index contributed by atoms with van der Waals surface area (Å²) in [5.41, 5.74) is 5.58. The third-order valence-electron chi connectivity index (χ3n) is 3.93. The number of aromatic amines is 1. The van der Waals surface area contributed by atoms with Gasteiger partial charge in [0.2, 0.25) is 5.91 Å². The Bertz CT molecular complexity index is 792. The molecule has 0 spiro atoms. The predicted octanol–water partition coefficient (Wildman–Crippen LogP) is 0.00550. The van der Waals surface area contributed by atoms with Gasteiger partial charge in [-0.05, 0) is 18.2 Å². The molecular weight excluding hydrogens is 350 g/mol. The molecule has 24 heavy (non-hydrogen) atoms. The van der Waals surface area contributed by atoms with Crippen molar-refractivity contribution in [3.8, 4) is 0 Å². The van der Waals surface area contributed by atoms with Crippen molar-refractivity contribution in [3.05, 3.63) is 34.2 Å². The fourth-order valence-corrected chi connectivity index (χ4v) is 4.80. The van der Waals surface area contributed by atoms with E-state index in [9.17, 15) is 13.2 Å². The summed E-state index contributed by atoms with van der Waals surface area (Å²) in [7, 11) is -3.56. The van der Waals surface area contributed by atoms with Gasteiger partial charge in [-0.3, -0.25) is 9.89 Å². The highest BCUT2D eigenvalue weighted by molar-refractivity contribution is 7.89. The van der Waals surface area contributed by atoms with Crippen molar-refractivity contribution in [1.82, 2.24) is 19.4 Å². The molecule has 10 heteroatoms. The molecule has 130 valence electrons. The third kappa shape index (κ3) is 3.51. The number of sulfonamides is 1. The first kappa shape index (κ1) is 17.1. The summed E-state index contributed by atoms with van der Waals surface area (Å²) in [6.07, 6.45) is 1.74. The lowest BCUT2D eigenvalue weighted by molar-refractivity contribution is -0.131. The van der Waals surface area contributed by atoms with Crippen LogP contribution < -0.4 is 5.73 Å². The van der Waals surface area contributed by atoms with Crippen LogP contribution in [0.4, 0.5) is 0 Å². The van der Waals surface area contributed by atoms with E-state index in [0.29, 0.717) is 26.1 Å². The van der Waals surface area contributed by atoms with Gasteiger partial charge in [0.25, 0.3) is 10.0 Å². The minimum atomic E-state index is -3.56. The molecule has 0 unspecified atom stereocenters. The number of thiophene rings is 1. The van der Waals surface area contributed by atoms with Crippen LogP contribution in [0.5, 0.6) is 0 Å². The second kappa shape index (κ2) is 7.01. The molecule has 1 fully saturated rings. The second-order valence-electron chi connectivity index (χ2n) is 5.45. The van der Waals surface area contributed by atoms with Gasteiger partial charge in [0, 0.05) is 42.5 Å². The van der Waals surface area contributed by atoms with Crippen LogP contribution in [-0.4, -0.2) is 59.9 Å². The van der Waals surface area contributed by atoms with Crippen LogP contribution in [0.1, 0.15) is 9.75 Å². The summed E-state index contributed by atoms with van der Waals surface area (Å²) < 4.78 is 26.2. The molecule has 3 rings (SSSR count). The summed E-state index contributed by atoms with van der Waals surface area (Å²) >= 11 is 1.54. The Morgan fingerprint density at radius 2 is 1.92 bits per heavy atom. The quantitative estimate of drug-likeness (QED) is 0.771. The van der Waals surface area contributed by atoms with Crippen LogP contribution in [0.15, 0.2) is 29.4 Å². The molecule has 2 aromatic rings. The fraction of sp³-hybridized carbons (Fsp3) is 0.429. The van der Waals surface area contributed by atoms with Gasteiger partial charge in [-0.2, -0.15) is 9.40 Å². The number of nitrogens with one attached hydrogen (secondary N) is 1. The number of aromatic nitrogens is 2. The number of carbonyl (C=O) groups excluding carboxylic acids is 1. The van der Waals surface area contributed by atoms with Crippen LogP contribution in [0.3, 0.4) is 0 Å². The Morgan fingerprint density at radius 3 is 2.50 bits per heavy atom. The normalized spacial score (nSPS) is 16.5. The van der Waals surface area contributed by atoms with Crippen molar-refractivity contribution >= 4 is 27.3 Å². The molecule has 3 N–H and O–H groups in total. The average molecular weight is 369 g/mol. The summed E-state index contributed by atoms with van der Waals surface area (Å²) in [4.78, 5) is 16.1. The van der Waals surface area contributed by atoms with E-state index in [0.717, 1.165) is 9.75 Å². The van der Waals surface area contributed by atoms with Gasteiger partial charge < -0.3 is 10.6 Å². The van der Waals surface area contributed by atoms with Crippen LogP contribution in [-0.2, 0) is 27.8 Å². The molecule has 1 aliphatic rings. The second-order valence-corrected chi connectivity index (χ2v) is 8.61. The Balaban J connectivity index is 1.57. The van der Waals surface area contributed by atoms with E-state index in [-0.39, 0.29) is 24.0 Å². The Morgan fingerprint density at radius 1 is 1.21 bits per heavy atom. The first-order valence-corrected chi connectivity index (χ1v) is 9.81. The van der Waals surface area contributed by atoms with E-state index in [4.69, 9.17) is 5.73 Å². The molecule has 0 radical (unpaired) electrons. The highest BCUT2D eigenvalue weighted by atomic mass is 32.2. The standard InChI is InChI=1S/C14H19N5O3S2/c15-10-12-2-1-11(23-12)9-14(20)18-5-7-19(8-6-18)24(21,22)13-3-4-16-17-13/h1-4H,5-10,15H2,(H,16,17). The van der Waals surface area contributed by atoms with Crippen LogP contribution in [0.25, 0.3) is 0 Å². The van der Waals surface area contributed by atoms with Crippen LogP contribution in [0.2, 0.25) is 0 Å². The van der Waals surface area contributed by atoms with Gasteiger partial charge >= 0.3 is 0 Å². The number of piperazine rings is 1. The lowest BCUT2D eigenvalue weighted by Crippen LogP contribution is -2.50. The molecular formula is C14H19N5O3S2. The largest absolute Gasteiger partial charge is 0.340 e. The van der Waals surface area contributed by atoms with Crippen molar-refractivity contribution in [3.63, 3.8) is 0 Å². The molecule has 0 bridgehead atoms. The van der Waals surface area contributed by atoms with Crippen molar-refractivity contribution in [2.75, 3.05) is 26.2 Å². The number of nitrogens with two attached hydrogens (primary N) is 1. The number of nitrogens with zero attached hydrogens (tertiary/aromatic N) is 3. The maximum atomic E-state index is 12.4. The maximum absolute atomic E-state index is 12.4. The summed E-state index contributed by atoms with van der Waals surface area (Å²) in [5, 5.41) is 6.24. The molecule has 2 aromatic heterocycles. The van der Waals surface area contributed by atoms with Crippen molar-refractivity contribution in [1.29, 1.82) is 0 Å². The number of hydrogen-bond donors (Lipinski definition) is 2. The molecule has 0 saturated carbocycles. The van der Waals surface area contributed by atoms with Crippen molar-refractivity contribution in [2.24, 2.45) is 5.73 Å². The summed E-state index contributed by atoms with van der Waals surface area (Å²) in [5.74, 6) is 0.0130. The summed E-state index contributed by atoms with van der Waals surface area (Å²) in [6.45, 7) is 1.82. The van der Waals surface area contributed by atoms with E-state index >= 15 is 0 Å². The Hall–Kier alpha value is -1.75. The van der Waals surface area contributed by atoms with Gasteiger partial charge in [-0.25, -0.2) is 8.42 Å². The van der Waals surface area contributed by atoms with Crippen molar-refractivity contribution in [2.45, 2.75) is 18.0 Å². The molecule has 1 saturated heterocycles. The van der Waals surface area contributed by atoms with Crippen molar-refractivity contribution < 1.29 is 13.2 Å². The molecule has 0 atom stereocenters. The van der Waals surface area contributed by atoms with Gasteiger partial charge in [-0.15, -0.1) is 11.3 Å². The maximum Gasteiger partial charge on any atom is 0.260 e. The minimum absolute atomic E-state index is 0.0130. The van der Waals surface area contributed by atoms with Gasteiger partial charge in [0.15, 0.2) is 5.03 Å². The van der Waals surface area contributed by atoms with Gasteiger partial charge in [0.05, 0.1) is 12.6 Å². The lowest BCUT2D eigenvalue weighted by Gasteiger charge is -2.33. The molecule has 0 aromatic carbocycles. The Labute approximate surface area is 144 Å². The number of carbonyl (C=O) groups is 1. The van der Waals surface area contributed by atoms with E-state index in [1.165, 1.54) is 27.9 Å². The molecule has 0 aliphatic carbocycles. The number of H-pyrrole nitrogens is 1. The highest BCUT2D eigenvalue weighted by Crippen LogP contribution is 2.19. The van der Waals surface area contributed by atoms with E-state index in [1.807, 2.05) is 12.1 Å². The highest BCUT2D eigenvalue weighted by Gasteiger charge is 2.30. The van der Waals surface area contributed by atoms with Gasteiger partial charge in [0.1, 0.15) is 0 Å². The lowest BCUT2D eigenvalue weighted by atomic mass is 10.2.